The van der Waals surface area contributed by atoms with E-state index in [2.05, 4.69) is 23.5 Å². The molecule has 0 bridgehead atoms. The fraction of sp³-hybridized carbons (Fsp3) is 0.381. The zero-order chi connectivity index (χ0) is 20.0. The van der Waals surface area contributed by atoms with Gasteiger partial charge in [-0.05, 0) is 31.5 Å². The number of aryl methyl sites for hydroxylation is 1. The van der Waals surface area contributed by atoms with E-state index in [1.807, 2.05) is 24.3 Å². The smallest absolute Gasteiger partial charge is 0.183 e. The second kappa shape index (κ2) is 7.40. The Kier molecular flexibility index (Phi) is 4.73. The second-order valence-corrected chi connectivity index (χ2v) is 8.01. The van der Waals surface area contributed by atoms with E-state index in [1.165, 1.54) is 11.3 Å². The van der Waals surface area contributed by atoms with Gasteiger partial charge in [-0.3, -0.25) is 0 Å². The molecule has 0 aliphatic carbocycles. The Hall–Kier alpha value is -2.48. The van der Waals surface area contributed by atoms with E-state index in [9.17, 15) is 0 Å². The lowest BCUT2D eigenvalue weighted by atomic mass is 10.2. The van der Waals surface area contributed by atoms with Gasteiger partial charge in [0.1, 0.15) is 25.1 Å². The van der Waals surface area contributed by atoms with Gasteiger partial charge >= 0.3 is 0 Å². The van der Waals surface area contributed by atoms with Crippen molar-refractivity contribution in [3.05, 3.63) is 46.9 Å². The van der Waals surface area contributed by atoms with E-state index >= 15 is 0 Å². The molecule has 0 radical (unpaired) electrons. The van der Waals surface area contributed by atoms with E-state index in [4.69, 9.17) is 26.3 Å². The third-order valence-corrected chi connectivity index (χ3v) is 6.28. The van der Waals surface area contributed by atoms with Crippen LogP contribution < -0.4 is 4.90 Å². The maximum absolute atomic E-state index is 6.36. The van der Waals surface area contributed by atoms with Crippen molar-refractivity contribution < 1.29 is 9.64 Å². The highest BCUT2D eigenvalue weighted by Gasteiger charge is 2.20. The summed E-state index contributed by atoms with van der Waals surface area (Å²) in [5.74, 6) is 0.618. The molecule has 1 aliphatic rings. The molecule has 0 saturated carbocycles. The van der Waals surface area contributed by atoms with Crippen molar-refractivity contribution in [2.45, 2.75) is 20.4 Å². The van der Waals surface area contributed by atoms with Crippen LogP contribution in [0.4, 0.5) is 0 Å². The Morgan fingerprint density at radius 2 is 1.93 bits per heavy atom. The minimum Gasteiger partial charge on any atom is -0.370 e. The van der Waals surface area contributed by atoms with E-state index < -0.39 is 0 Å². The molecule has 0 unspecified atom stereocenters. The fourth-order valence-corrected chi connectivity index (χ4v) is 4.36. The van der Waals surface area contributed by atoms with Crippen LogP contribution in [0.3, 0.4) is 0 Å². The molecule has 1 saturated heterocycles. The summed E-state index contributed by atoms with van der Waals surface area (Å²) in [5.41, 5.74) is 5.06. The number of rotatable bonds is 4. The topological polar surface area (TPSA) is 61.7 Å². The van der Waals surface area contributed by atoms with E-state index in [0.29, 0.717) is 10.8 Å². The van der Waals surface area contributed by atoms with Gasteiger partial charge in [-0.1, -0.05) is 23.7 Å². The van der Waals surface area contributed by atoms with Crippen molar-refractivity contribution >= 4 is 28.3 Å². The molecule has 1 aliphatic heterocycles. The summed E-state index contributed by atoms with van der Waals surface area (Å²) in [4.78, 5) is 11.2. The Bertz CT molecular complexity index is 1190. The van der Waals surface area contributed by atoms with Crippen LogP contribution in [0.2, 0.25) is 5.02 Å². The lowest BCUT2D eigenvalue weighted by Gasteiger charge is -2.24. The number of hydrogen-bond donors (Lipinski definition) is 1. The van der Waals surface area contributed by atoms with Gasteiger partial charge in [-0.15, -0.1) is 5.10 Å². The first kappa shape index (κ1) is 18.5. The molecular weight excluding hydrogens is 388 g/mol. The number of fused-ring (bicyclic) bond motifs is 3. The maximum atomic E-state index is 6.36. The summed E-state index contributed by atoms with van der Waals surface area (Å²) in [6, 6.07) is 7.65. The highest BCUT2D eigenvalue weighted by Crippen LogP contribution is 2.30. The van der Waals surface area contributed by atoms with Crippen LogP contribution >= 0.6 is 11.6 Å². The van der Waals surface area contributed by atoms with Gasteiger partial charge in [0.2, 0.25) is 0 Å². The predicted octanol–water partition coefficient (Wildman–Crippen LogP) is 1.93. The number of ether oxygens (including phenoxy) is 1. The molecule has 150 valence electrons. The molecule has 29 heavy (non-hydrogen) atoms. The molecule has 1 N–H and O–H groups in total. The fourth-order valence-electron chi connectivity index (χ4n) is 4.14. The van der Waals surface area contributed by atoms with Crippen molar-refractivity contribution in [2.24, 2.45) is 0 Å². The summed E-state index contributed by atoms with van der Waals surface area (Å²) in [5, 5.41) is 6.33. The van der Waals surface area contributed by atoms with Gasteiger partial charge in [0.05, 0.1) is 36.7 Å². The monoisotopic (exact) mass is 411 g/mol. The number of benzene rings is 1. The lowest BCUT2D eigenvalue weighted by molar-refractivity contribution is -0.908. The molecule has 4 aromatic rings. The van der Waals surface area contributed by atoms with Crippen LogP contribution in [0.15, 0.2) is 30.6 Å². The molecule has 0 amide bonds. The molecule has 0 spiro atoms. The van der Waals surface area contributed by atoms with E-state index in [0.717, 1.165) is 61.6 Å². The summed E-state index contributed by atoms with van der Waals surface area (Å²) in [7, 11) is 0. The summed E-state index contributed by atoms with van der Waals surface area (Å²) in [6.07, 6.45) is 1.75. The van der Waals surface area contributed by atoms with Crippen LogP contribution in [0.5, 0.6) is 0 Å². The largest absolute Gasteiger partial charge is 0.370 e. The van der Waals surface area contributed by atoms with Gasteiger partial charge in [0.25, 0.3) is 0 Å². The second-order valence-electron chi connectivity index (χ2n) is 7.60. The third kappa shape index (κ3) is 3.19. The van der Waals surface area contributed by atoms with Crippen LogP contribution in [-0.2, 0) is 11.3 Å². The van der Waals surface area contributed by atoms with Crippen LogP contribution in [0.1, 0.15) is 11.3 Å². The van der Waals surface area contributed by atoms with Crippen LogP contribution in [-0.4, -0.2) is 57.0 Å². The van der Waals surface area contributed by atoms with Crippen molar-refractivity contribution in [1.82, 2.24) is 24.1 Å². The molecule has 0 atom stereocenters. The lowest BCUT2D eigenvalue weighted by Crippen LogP contribution is -3.14. The highest BCUT2D eigenvalue weighted by atomic mass is 35.5. The molecule has 1 fully saturated rings. The quantitative estimate of drug-likeness (QED) is 0.557. The first-order valence-corrected chi connectivity index (χ1v) is 10.4. The number of aromatic nitrogens is 5. The molecule has 4 heterocycles. The van der Waals surface area contributed by atoms with Crippen molar-refractivity contribution in [3.8, 4) is 11.4 Å². The van der Waals surface area contributed by atoms with Gasteiger partial charge in [-0.25, -0.2) is 14.5 Å². The Morgan fingerprint density at radius 3 is 2.72 bits per heavy atom. The zero-order valence-electron chi connectivity index (χ0n) is 16.7. The van der Waals surface area contributed by atoms with E-state index in [1.54, 1.807) is 15.7 Å². The van der Waals surface area contributed by atoms with Crippen molar-refractivity contribution in [2.75, 3.05) is 32.8 Å². The number of quaternary nitrogens is 1. The Balaban J connectivity index is 1.57. The van der Waals surface area contributed by atoms with Crippen LogP contribution in [0, 0.1) is 13.8 Å². The molecule has 7 nitrogen and oxygen atoms in total. The Morgan fingerprint density at radius 1 is 1.14 bits per heavy atom. The summed E-state index contributed by atoms with van der Waals surface area (Å²) < 4.78 is 9.55. The SMILES string of the molecule is Cc1c(C)n(CC[NH+]2CCOCC2)c2ncn3nc(-c4ccccc4Cl)nc3c12. The number of halogens is 1. The van der Waals surface area contributed by atoms with Gasteiger partial charge < -0.3 is 14.2 Å². The molecule has 3 aromatic heterocycles. The van der Waals surface area contributed by atoms with Crippen molar-refractivity contribution in [1.29, 1.82) is 0 Å². The minimum absolute atomic E-state index is 0.618. The zero-order valence-corrected chi connectivity index (χ0v) is 17.4. The average Bonchev–Trinajstić information content (AvgIpc) is 3.27. The Labute approximate surface area is 173 Å². The maximum Gasteiger partial charge on any atom is 0.183 e. The molecule has 8 heteroatoms. The van der Waals surface area contributed by atoms with Gasteiger partial charge in [0, 0.05) is 11.3 Å². The first-order chi connectivity index (χ1) is 14.1. The van der Waals surface area contributed by atoms with Gasteiger partial charge in [0.15, 0.2) is 11.5 Å². The predicted molar refractivity (Wildman–Crippen MR) is 113 cm³/mol. The number of nitrogens with one attached hydrogen (secondary N) is 1. The molecule has 5 rings (SSSR count). The molecular formula is C21H24ClN6O+. The molecule has 1 aromatic carbocycles. The van der Waals surface area contributed by atoms with E-state index in [-0.39, 0.29) is 0 Å². The number of morpholine rings is 1. The number of nitrogens with zero attached hydrogens (tertiary/aromatic N) is 5. The first-order valence-electron chi connectivity index (χ1n) is 10.0. The third-order valence-electron chi connectivity index (χ3n) is 5.95. The summed E-state index contributed by atoms with van der Waals surface area (Å²) in [6.45, 7) is 10.1. The normalized spacial score (nSPS) is 15.6. The standard InChI is InChI=1S/C21H23ClN6O/c1-14-15(2)27(8-7-26-9-11-29-12-10-26)20-18(14)21-24-19(25-28(21)13-23-20)16-5-3-4-6-17(16)22/h3-6,13H,7-12H2,1-2H3/p+1. The summed E-state index contributed by atoms with van der Waals surface area (Å²) >= 11 is 6.36. The average molecular weight is 412 g/mol. The van der Waals surface area contributed by atoms with Gasteiger partial charge in [-0.2, -0.15) is 0 Å². The number of hydrogen-bond acceptors (Lipinski definition) is 4. The minimum atomic E-state index is 0.618. The highest BCUT2D eigenvalue weighted by molar-refractivity contribution is 6.33. The van der Waals surface area contributed by atoms with Crippen molar-refractivity contribution in [3.63, 3.8) is 0 Å². The van der Waals surface area contributed by atoms with Crippen LogP contribution in [0.25, 0.3) is 28.1 Å².